The number of ketones is 1. The summed E-state index contributed by atoms with van der Waals surface area (Å²) in [6.45, 7) is 5.85. The van der Waals surface area contributed by atoms with Crippen molar-refractivity contribution in [2.45, 2.75) is 19.8 Å². The number of carbonyl (C=O) groups is 1. The van der Waals surface area contributed by atoms with E-state index >= 15 is 0 Å². The molecule has 0 saturated heterocycles. The number of carbonyl (C=O) groups excluding carboxylic acids is 1. The summed E-state index contributed by atoms with van der Waals surface area (Å²) >= 11 is 1.71. The Bertz CT molecular complexity index is 552. The fraction of sp³-hybridized carbons (Fsp3) is 0.188. The lowest BCUT2D eigenvalue weighted by Crippen LogP contribution is -2.01. The van der Waals surface area contributed by atoms with Gasteiger partial charge in [0.2, 0.25) is 0 Å². The van der Waals surface area contributed by atoms with E-state index in [2.05, 4.69) is 19.6 Å². The first-order valence-corrected chi connectivity index (χ1v) is 6.79. The second-order valence-electron chi connectivity index (χ2n) is 4.25. The van der Waals surface area contributed by atoms with Crippen LogP contribution in [0.2, 0.25) is 0 Å². The third kappa shape index (κ3) is 2.96. The number of allylic oxidation sites excluding steroid dienone is 1. The van der Waals surface area contributed by atoms with E-state index in [1.807, 2.05) is 36.4 Å². The van der Waals surface area contributed by atoms with Gasteiger partial charge >= 0.3 is 0 Å². The van der Waals surface area contributed by atoms with E-state index < -0.39 is 0 Å². The summed E-state index contributed by atoms with van der Waals surface area (Å²) in [5.74, 6) is 0.182. The van der Waals surface area contributed by atoms with E-state index in [1.54, 1.807) is 11.3 Å². The average Bonchev–Trinajstić information content (AvgIpc) is 2.71. The molecule has 0 saturated carbocycles. The third-order valence-corrected chi connectivity index (χ3v) is 3.96. The Morgan fingerprint density at radius 2 is 2.06 bits per heavy atom. The highest BCUT2D eigenvalue weighted by Gasteiger charge is 2.10. The SMILES string of the molecule is C=CCc1cc(CC(=O)c2ccccc2)sc1C. The second kappa shape index (κ2) is 5.78. The van der Waals surface area contributed by atoms with Crippen molar-refractivity contribution in [1.29, 1.82) is 0 Å². The predicted molar refractivity (Wildman–Crippen MR) is 77.4 cm³/mol. The number of benzene rings is 1. The topological polar surface area (TPSA) is 17.1 Å². The molecule has 1 nitrogen and oxygen atoms in total. The molecule has 0 aliphatic rings. The molecule has 0 atom stereocenters. The molecule has 0 N–H and O–H groups in total. The van der Waals surface area contributed by atoms with E-state index in [0.29, 0.717) is 6.42 Å². The fourth-order valence-corrected chi connectivity index (χ4v) is 2.99. The maximum atomic E-state index is 12.1. The van der Waals surface area contributed by atoms with E-state index in [-0.39, 0.29) is 5.78 Å². The van der Waals surface area contributed by atoms with Crippen LogP contribution in [0.3, 0.4) is 0 Å². The monoisotopic (exact) mass is 256 g/mol. The van der Waals surface area contributed by atoms with Gasteiger partial charge in [-0.25, -0.2) is 0 Å². The quantitative estimate of drug-likeness (QED) is 0.578. The van der Waals surface area contributed by atoms with Gasteiger partial charge in [0.25, 0.3) is 0 Å². The summed E-state index contributed by atoms with van der Waals surface area (Å²) in [5, 5.41) is 0. The molecule has 0 fully saturated rings. The molecule has 0 radical (unpaired) electrons. The molecule has 92 valence electrons. The van der Waals surface area contributed by atoms with Crippen molar-refractivity contribution in [2.75, 3.05) is 0 Å². The van der Waals surface area contributed by atoms with Gasteiger partial charge in [-0.2, -0.15) is 0 Å². The van der Waals surface area contributed by atoms with Gasteiger partial charge in [-0.1, -0.05) is 36.4 Å². The van der Waals surface area contributed by atoms with Crippen LogP contribution in [0, 0.1) is 6.92 Å². The summed E-state index contributed by atoms with van der Waals surface area (Å²) in [6, 6.07) is 11.6. The summed E-state index contributed by atoms with van der Waals surface area (Å²) in [5.41, 5.74) is 2.07. The van der Waals surface area contributed by atoms with Gasteiger partial charge in [-0.15, -0.1) is 17.9 Å². The highest BCUT2D eigenvalue weighted by atomic mass is 32.1. The summed E-state index contributed by atoms with van der Waals surface area (Å²) in [4.78, 5) is 14.5. The van der Waals surface area contributed by atoms with Crippen LogP contribution in [0.5, 0.6) is 0 Å². The second-order valence-corrected chi connectivity index (χ2v) is 5.59. The minimum atomic E-state index is 0.182. The van der Waals surface area contributed by atoms with Gasteiger partial charge in [0.05, 0.1) is 0 Å². The Labute approximate surface area is 112 Å². The van der Waals surface area contributed by atoms with Crippen molar-refractivity contribution in [1.82, 2.24) is 0 Å². The lowest BCUT2D eigenvalue weighted by Gasteiger charge is -1.98. The standard InChI is InChI=1S/C16H16OS/c1-3-7-14-10-15(18-12(14)2)11-16(17)13-8-5-4-6-9-13/h3-6,8-10H,1,7,11H2,2H3. The zero-order valence-electron chi connectivity index (χ0n) is 10.5. The van der Waals surface area contributed by atoms with Gasteiger partial charge in [-0.3, -0.25) is 4.79 Å². The molecule has 1 aromatic heterocycles. The number of hydrogen-bond donors (Lipinski definition) is 0. The maximum absolute atomic E-state index is 12.1. The Hall–Kier alpha value is -1.67. The number of thiophene rings is 1. The highest BCUT2D eigenvalue weighted by Crippen LogP contribution is 2.23. The zero-order valence-corrected chi connectivity index (χ0v) is 11.3. The van der Waals surface area contributed by atoms with Crippen LogP contribution < -0.4 is 0 Å². The van der Waals surface area contributed by atoms with Gasteiger partial charge in [0.15, 0.2) is 5.78 Å². The van der Waals surface area contributed by atoms with Crippen LogP contribution in [0.1, 0.15) is 25.7 Å². The third-order valence-electron chi connectivity index (χ3n) is 2.87. The lowest BCUT2D eigenvalue weighted by atomic mass is 10.1. The highest BCUT2D eigenvalue weighted by molar-refractivity contribution is 7.12. The van der Waals surface area contributed by atoms with E-state index in [1.165, 1.54) is 10.4 Å². The summed E-state index contributed by atoms with van der Waals surface area (Å²) in [6.07, 6.45) is 3.27. The Morgan fingerprint density at radius 3 is 2.72 bits per heavy atom. The number of hydrogen-bond acceptors (Lipinski definition) is 2. The van der Waals surface area contributed by atoms with Crippen LogP contribution >= 0.6 is 11.3 Å². The average molecular weight is 256 g/mol. The van der Waals surface area contributed by atoms with Crippen molar-refractivity contribution in [2.24, 2.45) is 0 Å². The van der Waals surface area contributed by atoms with Crippen LogP contribution in [-0.4, -0.2) is 5.78 Å². The van der Waals surface area contributed by atoms with E-state index in [4.69, 9.17) is 0 Å². The van der Waals surface area contributed by atoms with Crippen molar-refractivity contribution in [3.8, 4) is 0 Å². The number of Topliss-reactive ketones (excluding diaryl/α,β-unsaturated/α-hetero) is 1. The van der Waals surface area contributed by atoms with Gasteiger partial charge in [-0.05, 0) is 25.0 Å². The molecule has 2 heteroatoms. The van der Waals surface area contributed by atoms with E-state index in [9.17, 15) is 4.79 Å². The smallest absolute Gasteiger partial charge is 0.168 e. The van der Waals surface area contributed by atoms with Crippen LogP contribution in [0.25, 0.3) is 0 Å². The van der Waals surface area contributed by atoms with Crippen molar-refractivity contribution >= 4 is 17.1 Å². The largest absolute Gasteiger partial charge is 0.294 e. The van der Waals surface area contributed by atoms with Gasteiger partial charge in [0, 0.05) is 21.7 Å². The molecule has 18 heavy (non-hydrogen) atoms. The zero-order chi connectivity index (χ0) is 13.0. The Morgan fingerprint density at radius 1 is 1.33 bits per heavy atom. The first-order chi connectivity index (χ1) is 8.70. The molecule has 0 unspecified atom stereocenters. The van der Waals surface area contributed by atoms with Crippen LogP contribution in [0.4, 0.5) is 0 Å². The minimum Gasteiger partial charge on any atom is -0.294 e. The molecule has 0 bridgehead atoms. The summed E-state index contributed by atoms with van der Waals surface area (Å²) < 4.78 is 0. The molecule has 0 amide bonds. The molecular weight excluding hydrogens is 240 g/mol. The van der Waals surface area contributed by atoms with Gasteiger partial charge < -0.3 is 0 Å². The minimum absolute atomic E-state index is 0.182. The molecule has 0 spiro atoms. The lowest BCUT2D eigenvalue weighted by molar-refractivity contribution is 0.0994. The fourth-order valence-electron chi connectivity index (χ4n) is 1.92. The first-order valence-electron chi connectivity index (χ1n) is 5.98. The Kier molecular flexibility index (Phi) is 4.11. The molecule has 1 aromatic carbocycles. The number of rotatable bonds is 5. The van der Waals surface area contributed by atoms with Crippen LogP contribution in [-0.2, 0) is 12.8 Å². The molecule has 0 aliphatic heterocycles. The first kappa shape index (κ1) is 12.8. The molecule has 2 rings (SSSR count). The molecule has 0 aliphatic carbocycles. The summed E-state index contributed by atoms with van der Waals surface area (Å²) in [7, 11) is 0. The Balaban J connectivity index is 2.12. The van der Waals surface area contributed by atoms with Crippen molar-refractivity contribution in [3.05, 3.63) is 69.9 Å². The van der Waals surface area contributed by atoms with Crippen molar-refractivity contribution in [3.63, 3.8) is 0 Å². The maximum Gasteiger partial charge on any atom is 0.168 e. The van der Waals surface area contributed by atoms with Crippen molar-refractivity contribution < 1.29 is 4.79 Å². The number of aryl methyl sites for hydroxylation is 1. The normalized spacial score (nSPS) is 10.3. The molecule has 1 heterocycles. The predicted octanol–water partition coefficient (Wildman–Crippen LogP) is 4.21. The van der Waals surface area contributed by atoms with E-state index in [0.717, 1.165) is 16.9 Å². The van der Waals surface area contributed by atoms with Gasteiger partial charge in [0.1, 0.15) is 0 Å². The molecule has 2 aromatic rings. The molecular formula is C16H16OS. The van der Waals surface area contributed by atoms with Crippen LogP contribution in [0.15, 0.2) is 49.1 Å².